The number of hydrogen-bond acceptors (Lipinski definition) is 3. The first kappa shape index (κ1) is 16.7. The minimum atomic E-state index is 0.0956. The largest absolute Gasteiger partial charge is 0.332 e. The van der Waals surface area contributed by atoms with Crippen LogP contribution in [0, 0.1) is 13.8 Å². The molecular weight excluding hydrogens is 322 g/mol. The molecule has 1 saturated heterocycles. The molecule has 1 amide bonds. The normalized spacial score (nSPS) is 17.5. The molecule has 1 aliphatic rings. The molecule has 0 saturated carbocycles. The number of nitrogens with zero attached hydrogens (tertiary/aromatic N) is 3. The average Bonchev–Trinajstić information content (AvgIpc) is 2.68. The third-order valence-corrected chi connectivity index (χ3v) is 5.16. The minimum absolute atomic E-state index is 0.0956. The maximum atomic E-state index is 13.5. The molecule has 132 valence electrons. The fourth-order valence-electron chi connectivity index (χ4n) is 3.90. The number of aromatic nitrogens is 2. The van der Waals surface area contributed by atoms with Crippen molar-refractivity contribution in [3.05, 3.63) is 71.2 Å². The van der Waals surface area contributed by atoms with Crippen LogP contribution in [0.25, 0.3) is 10.9 Å². The average molecular weight is 345 g/mol. The summed E-state index contributed by atoms with van der Waals surface area (Å²) >= 11 is 0. The van der Waals surface area contributed by atoms with Gasteiger partial charge in [0.1, 0.15) is 0 Å². The van der Waals surface area contributed by atoms with Gasteiger partial charge in [-0.15, -0.1) is 0 Å². The molecule has 0 unspecified atom stereocenters. The van der Waals surface area contributed by atoms with Crippen molar-refractivity contribution in [3.63, 3.8) is 0 Å². The summed E-state index contributed by atoms with van der Waals surface area (Å²) in [6.45, 7) is 4.78. The van der Waals surface area contributed by atoms with Crippen molar-refractivity contribution >= 4 is 16.8 Å². The Labute approximate surface area is 153 Å². The van der Waals surface area contributed by atoms with Gasteiger partial charge in [0.05, 0.1) is 17.1 Å². The number of pyridine rings is 2. The lowest BCUT2D eigenvalue weighted by Crippen LogP contribution is -2.38. The summed E-state index contributed by atoms with van der Waals surface area (Å²) in [7, 11) is 0. The highest BCUT2D eigenvalue weighted by atomic mass is 16.2. The summed E-state index contributed by atoms with van der Waals surface area (Å²) in [6.07, 6.45) is 6.83. The Morgan fingerprint density at radius 3 is 2.85 bits per heavy atom. The van der Waals surface area contributed by atoms with Crippen molar-refractivity contribution in [2.24, 2.45) is 0 Å². The number of carbonyl (C=O) groups is 1. The molecule has 1 aliphatic heterocycles. The Bertz CT molecular complexity index is 952. The number of amides is 1. The quantitative estimate of drug-likeness (QED) is 0.681. The standard InChI is InChI=1S/C22H23N3O/c1-15-8-9-20-18(12-15)19(13-16(2)24-20)22(26)25-11-4-3-7-21(25)17-6-5-10-23-14-17/h5-6,8-10,12-14,21H,3-4,7,11H2,1-2H3/t21-/m1/s1. The molecule has 3 heterocycles. The highest BCUT2D eigenvalue weighted by molar-refractivity contribution is 6.06. The molecule has 2 aromatic heterocycles. The van der Waals surface area contributed by atoms with Gasteiger partial charge in [-0.3, -0.25) is 14.8 Å². The number of benzene rings is 1. The number of hydrogen-bond donors (Lipinski definition) is 0. The monoisotopic (exact) mass is 345 g/mol. The van der Waals surface area contributed by atoms with Crippen LogP contribution in [0.1, 0.15) is 52.5 Å². The Balaban J connectivity index is 1.79. The van der Waals surface area contributed by atoms with Crippen molar-refractivity contribution in [1.29, 1.82) is 0 Å². The zero-order valence-corrected chi connectivity index (χ0v) is 15.3. The second-order valence-corrected chi connectivity index (χ2v) is 7.13. The second kappa shape index (κ2) is 6.87. The van der Waals surface area contributed by atoms with Gasteiger partial charge in [-0.25, -0.2) is 0 Å². The minimum Gasteiger partial charge on any atom is -0.332 e. The molecule has 4 nitrogen and oxygen atoms in total. The van der Waals surface area contributed by atoms with Gasteiger partial charge in [0.25, 0.3) is 5.91 Å². The first-order chi connectivity index (χ1) is 12.6. The fourth-order valence-corrected chi connectivity index (χ4v) is 3.90. The third kappa shape index (κ3) is 3.07. The number of carbonyl (C=O) groups excluding carboxylic acids is 1. The van der Waals surface area contributed by atoms with Gasteiger partial charge < -0.3 is 4.90 Å². The molecule has 26 heavy (non-hydrogen) atoms. The summed E-state index contributed by atoms with van der Waals surface area (Å²) in [5, 5.41) is 0.941. The Morgan fingerprint density at radius 1 is 1.15 bits per heavy atom. The summed E-state index contributed by atoms with van der Waals surface area (Å²) in [5.41, 5.74) is 4.77. The highest BCUT2D eigenvalue weighted by Gasteiger charge is 2.29. The Morgan fingerprint density at radius 2 is 2.04 bits per heavy atom. The molecule has 0 aliphatic carbocycles. The summed E-state index contributed by atoms with van der Waals surface area (Å²) in [6, 6.07) is 12.2. The molecule has 3 aromatic rings. The van der Waals surface area contributed by atoms with Crippen molar-refractivity contribution < 1.29 is 4.79 Å². The van der Waals surface area contributed by atoms with Crippen LogP contribution >= 0.6 is 0 Å². The molecular formula is C22H23N3O. The van der Waals surface area contributed by atoms with Crippen molar-refractivity contribution in [3.8, 4) is 0 Å². The van der Waals surface area contributed by atoms with Gasteiger partial charge in [-0.2, -0.15) is 0 Å². The lowest BCUT2D eigenvalue weighted by molar-refractivity contribution is 0.0613. The van der Waals surface area contributed by atoms with E-state index in [0.29, 0.717) is 0 Å². The van der Waals surface area contributed by atoms with E-state index in [1.165, 1.54) is 0 Å². The fraction of sp³-hybridized carbons (Fsp3) is 0.318. The molecule has 4 rings (SSSR count). The maximum Gasteiger partial charge on any atom is 0.255 e. The van der Waals surface area contributed by atoms with Crippen molar-refractivity contribution in [1.82, 2.24) is 14.9 Å². The van der Waals surface area contributed by atoms with Crippen LogP contribution in [0.3, 0.4) is 0 Å². The zero-order valence-electron chi connectivity index (χ0n) is 15.3. The van der Waals surface area contributed by atoms with Crippen LogP contribution in [0.15, 0.2) is 48.8 Å². The first-order valence-electron chi connectivity index (χ1n) is 9.22. The highest BCUT2D eigenvalue weighted by Crippen LogP contribution is 2.33. The SMILES string of the molecule is Cc1ccc2nc(C)cc(C(=O)N3CCCC[C@@H]3c3cccnc3)c2c1. The molecule has 0 spiro atoms. The van der Waals surface area contributed by atoms with E-state index >= 15 is 0 Å². The third-order valence-electron chi connectivity index (χ3n) is 5.16. The number of piperidine rings is 1. The lowest BCUT2D eigenvalue weighted by Gasteiger charge is -2.36. The van der Waals surface area contributed by atoms with Crippen LogP contribution in [0.5, 0.6) is 0 Å². The summed E-state index contributed by atoms with van der Waals surface area (Å²) < 4.78 is 0. The second-order valence-electron chi connectivity index (χ2n) is 7.13. The van der Waals surface area contributed by atoms with Crippen molar-refractivity contribution in [2.75, 3.05) is 6.54 Å². The molecule has 1 aromatic carbocycles. The van der Waals surface area contributed by atoms with E-state index in [1.54, 1.807) is 6.20 Å². The number of fused-ring (bicyclic) bond motifs is 1. The maximum absolute atomic E-state index is 13.5. The van der Waals surface area contributed by atoms with E-state index < -0.39 is 0 Å². The van der Waals surface area contributed by atoms with Crippen LogP contribution in [0.2, 0.25) is 0 Å². The molecule has 1 atom stereocenters. The Hall–Kier alpha value is -2.75. The molecule has 4 heteroatoms. The summed E-state index contributed by atoms with van der Waals surface area (Å²) in [5.74, 6) is 0.0969. The van der Waals surface area contributed by atoms with E-state index in [9.17, 15) is 4.79 Å². The zero-order chi connectivity index (χ0) is 18.1. The smallest absolute Gasteiger partial charge is 0.255 e. The predicted molar refractivity (Wildman–Crippen MR) is 103 cm³/mol. The molecule has 0 radical (unpaired) electrons. The van der Waals surface area contributed by atoms with E-state index in [2.05, 4.69) is 22.1 Å². The predicted octanol–water partition coefficient (Wildman–Crippen LogP) is 4.61. The van der Waals surface area contributed by atoms with Crippen molar-refractivity contribution in [2.45, 2.75) is 39.2 Å². The molecule has 0 N–H and O–H groups in total. The first-order valence-corrected chi connectivity index (χ1v) is 9.22. The van der Waals surface area contributed by atoms with Crippen LogP contribution < -0.4 is 0 Å². The van der Waals surface area contributed by atoms with Gasteiger partial charge in [0.15, 0.2) is 0 Å². The lowest BCUT2D eigenvalue weighted by atomic mass is 9.94. The van der Waals surface area contributed by atoms with Crippen LogP contribution in [-0.2, 0) is 0 Å². The van der Waals surface area contributed by atoms with E-state index in [1.807, 2.05) is 49.2 Å². The topological polar surface area (TPSA) is 46.1 Å². The van der Waals surface area contributed by atoms with Gasteiger partial charge in [-0.1, -0.05) is 17.7 Å². The molecule has 1 fully saturated rings. The van der Waals surface area contributed by atoms with Gasteiger partial charge in [-0.05, 0) is 62.9 Å². The number of rotatable bonds is 2. The van der Waals surface area contributed by atoms with Gasteiger partial charge in [0, 0.05) is 30.0 Å². The van der Waals surface area contributed by atoms with E-state index in [-0.39, 0.29) is 11.9 Å². The van der Waals surface area contributed by atoms with E-state index in [4.69, 9.17) is 0 Å². The summed E-state index contributed by atoms with van der Waals surface area (Å²) in [4.78, 5) is 24.4. The van der Waals surface area contributed by atoms with E-state index in [0.717, 1.165) is 59.1 Å². The Kier molecular flexibility index (Phi) is 4.41. The van der Waals surface area contributed by atoms with Crippen LogP contribution in [-0.4, -0.2) is 27.3 Å². The number of aryl methyl sites for hydroxylation is 2. The van der Waals surface area contributed by atoms with Crippen LogP contribution in [0.4, 0.5) is 0 Å². The number of likely N-dealkylation sites (tertiary alicyclic amines) is 1. The van der Waals surface area contributed by atoms with Gasteiger partial charge in [0.2, 0.25) is 0 Å². The van der Waals surface area contributed by atoms with Gasteiger partial charge >= 0.3 is 0 Å². The molecule has 0 bridgehead atoms.